The van der Waals surface area contributed by atoms with Gasteiger partial charge in [0.1, 0.15) is 5.75 Å². The van der Waals surface area contributed by atoms with Crippen molar-refractivity contribution in [1.82, 2.24) is 0 Å². The normalized spacial score (nSPS) is 10.4. The summed E-state index contributed by atoms with van der Waals surface area (Å²) in [6.07, 6.45) is 0. The zero-order valence-corrected chi connectivity index (χ0v) is 12.0. The number of ketones is 1. The van der Waals surface area contributed by atoms with Crippen LogP contribution in [0.3, 0.4) is 0 Å². The second-order valence-electron chi connectivity index (χ2n) is 4.07. The number of carbonyl (C=O) groups excluding carboxylic acids is 1. The summed E-state index contributed by atoms with van der Waals surface area (Å²) in [5, 5.41) is 2.33. The number of carbonyl (C=O) groups is 1. The molecule has 2 rings (SSSR count). The molecule has 4 heteroatoms. The predicted octanol–water partition coefficient (Wildman–Crippen LogP) is 4.26. The average Bonchev–Trinajstić information content (AvgIpc) is 2.74. The van der Waals surface area contributed by atoms with E-state index >= 15 is 0 Å². The van der Waals surface area contributed by atoms with Gasteiger partial charge in [0.25, 0.3) is 0 Å². The zero-order valence-electron chi connectivity index (χ0n) is 10.4. The minimum absolute atomic E-state index is 0.0381. The van der Waals surface area contributed by atoms with Crippen molar-refractivity contribution in [3.63, 3.8) is 0 Å². The van der Waals surface area contributed by atoms with Crippen LogP contribution in [0.4, 0.5) is 0 Å². The molecule has 0 aliphatic heterocycles. The van der Waals surface area contributed by atoms with E-state index in [0.717, 1.165) is 16.9 Å². The Morgan fingerprint density at radius 1 is 1.28 bits per heavy atom. The number of rotatable bonds is 3. The Morgan fingerprint density at radius 2 is 1.89 bits per heavy atom. The fourth-order valence-electron chi connectivity index (χ4n) is 1.99. The molecule has 0 aliphatic carbocycles. The van der Waals surface area contributed by atoms with E-state index in [1.807, 2.05) is 31.4 Å². The van der Waals surface area contributed by atoms with Crippen molar-refractivity contribution >= 4 is 28.7 Å². The van der Waals surface area contributed by atoms with Crippen molar-refractivity contribution in [2.24, 2.45) is 0 Å². The smallest absolute Gasteiger partial charge is 0.204 e. The molecule has 1 heterocycles. The number of hydrogen-bond donors (Lipinski definition) is 0. The van der Waals surface area contributed by atoms with Crippen LogP contribution in [0.1, 0.15) is 26.4 Å². The van der Waals surface area contributed by atoms with Gasteiger partial charge in [-0.2, -0.15) is 0 Å². The maximum Gasteiger partial charge on any atom is 0.204 e. The lowest BCUT2D eigenvalue weighted by atomic mass is 10.0. The second-order valence-corrected chi connectivity index (χ2v) is 5.39. The molecule has 0 spiro atoms. The first-order valence-electron chi connectivity index (χ1n) is 5.47. The molecule has 0 saturated carbocycles. The van der Waals surface area contributed by atoms with Gasteiger partial charge in [-0.05, 0) is 48.6 Å². The highest BCUT2D eigenvalue weighted by Gasteiger charge is 2.16. The van der Waals surface area contributed by atoms with Gasteiger partial charge in [-0.15, -0.1) is 11.3 Å². The molecule has 0 saturated heterocycles. The van der Waals surface area contributed by atoms with E-state index in [2.05, 4.69) is 0 Å². The summed E-state index contributed by atoms with van der Waals surface area (Å²) in [6, 6.07) is 5.41. The minimum Gasteiger partial charge on any atom is -0.496 e. The van der Waals surface area contributed by atoms with E-state index in [-0.39, 0.29) is 5.78 Å². The molecule has 0 N–H and O–H groups in total. The monoisotopic (exact) mass is 280 g/mol. The molecular formula is C14H13ClO2S. The summed E-state index contributed by atoms with van der Waals surface area (Å²) in [6.45, 7) is 3.86. The molecule has 2 nitrogen and oxygen atoms in total. The summed E-state index contributed by atoms with van der Waals surface area (Å²) in [7, 11) is 1.63. The summed E-state index contributed by atoms with van der Waals surface area (Å²) in [4.78, 5) is 12.9. The molecule has 0 amide bonds. The van der Waals surface area contributed by atoms with Crippen LogP contribution in [0.2, 0.25) is 5.02 Å². The maximum absolute atomic E-state index is 12.3. The zero-order chi connectivity index (χ0) is 13.3. The lowest BCUT2D eigenvalue weighted by Crippen LogP contribution is -2.02. The van der Waals surface area contributed by atoms with E-state index in [4.69, 9.17) is 16.3 Å². The van der Waals surface area contributed by atoms with Gasteiger partial charge in [-0.3, -0.25) is 4.79 Å². The molecule has 2 aromatic rings. The number of hydrogen-bond acceptors (Lipinski definition) is 3. The predicted molar refractivity (Wildman–Crippen MR) is 75.2 cm³/mol. The quantitative estimate of drug-likeness (QED) is 0.786. The highest BCUT2D eigenvalue weighted by Crippen LogP contribution is 2.29. The first-order valence-corrected chi connectivity index (χ1v) is 6.73. The lowest BCUT2D eigenvalue weighted by Gasteiger charge is -2.10. The third kappa shape index (κ3) is 2.28. The van der Waals surface area contributed by atoms with E-state index in [0.29, 0.717) is 15.5 Å². The molecule has 1 aromatic carbocycles. The van der Waals surface area contributed by atoms with Gasteiger partial charge in [0.2, 0.25) is 5.78 Å². The molecule has 1 aromatic heterocycles. The molecule has 0 bridgehead atoms. The first kappa shape index (κ1) is 13.1. The van der Waals surface area contributed by atoms with Crippen molar-refractivity contribution in [1.29, 1.82) is 0 Å². The third-order valence-corrected chi connectivity index (χ3v) is 4.09. The number of methoxy groups -OCH3 is 1. The molecule has 0 fully saturated rings. The first-order chi connectivity index (χ1) is 8.54. The largest absolute Gasteiger partial charge is 0.496 e. The Kier molecular flexibility index (Phi) is 3.73. The number of aryl methyl sites for hydroxylation is 2. The van der Waals surface area contributed by atoms with Gasteiger partial charge < -0.3 is 4.74 Å². The van der Waals surface area contributed by atoms with Gasteiger partial charge in [0, 0.05) is 5.56 Å². The van der Waals surface area contributed by atoms with E-state index < -0.39 is 0 Å². The van der Waals surface area contributed by atoms with Gasteiger partial charge in [-0.25, -0.2) is 0 Å². The van der Waals surface area contributed by atoms with Crippen molar-refractivity contribution in [3.8, 4) is 5.75 Å². The molecule has 0 atom stereocenters. The van der Waals surface area contributed by atoms with E-state index in [1.165, 1.54) is 11.3 Å². The summed E-state index contributed by atoms with van der Waals surface area (Å²) < 4.78 is 5.29. The molecule has 94 valence electrons. The van der Waals surface area contributed by atoms with Crippen molar-refractivity contribution in [3.05, 3.63) is 50.2 Å². The molecule has 0 radical (unpaired) electrons. The fraction of sp³-hybridized carbons (Fsp3) is 0.214. The van der Waals surface area contributed by atoms with Gasteiger partial charge in [0.05, 0.1) is 17.0 Å². The topological polar surface area (TPSA) is 26.3 Å². The Balaban J connectivity index is 2.47. The van der Waals surface area contributed by atoms with Crippen molar-refractivity contribution < 1.29 is 9.53 Å². The Hall–Kier alpha value is -1.32. The number of halogens is 1. The number of ether oxygens (including phenoxy) is 1. The van der Waals surface area contributed by atoms with Crippen LogP contribution in [-0.4, -0.2) is 12.9 Å². The Bertz CT molecular complexity index is 579. The Labute approximate surface area is 115 Å². The van der Waals surface area contributed by atoms with Crippen molar-refractivity contribution in [2.75, 3.05) is 7.11 Å². The van der Waals surface area contributed by atoms with Crippen molar-refractivity contribution in [2.45, 2.75) is 13.8 Å². The minimum atomic E-state index is -0.0381. The van der Waals surface area contributed by atoms with Crippen LogP contribution in [0.25, 0.3) is 0 Å². The number of benzene rings is 1. The van der Waals surface area contributed by atoms with Gasteiger partial charge in [0.15, 0.2) is 0 Å². The lowest BCUT2D eigenvalue weighted by molar-refractivity contribution is 0.104. The van der Waals surface area contributed by atoms with E-state index in [1.54, 1.807) is 13.2 Å². The number of thiophene rings is 1. The standard InChI is InChI=1S/C14H13ClO2S/c1-8-6-10(7-9(2)13(8)17-3)12(16)14-11(15)4-5-18-14/h4-7H,1-3H3. The highest BCUT2D eigenvalue weighted by atomic mass is 35.5. The molecule has 0 aliphatic rings. The molecule has 18 heavy (non-hydrogen) atoms. The van der Waals surface area contributed by atoms with Crippen LogP contribution in [-0.2, 0) is 0 Å². The SMILES string of the molecule is COc1c(C)cc(C(=O)c2sccc2Cl)cc1C. The van der Waals surface area contributed by atoms with Gasteiger partial charge in [-0.1, -0.05) is 11.6 Å². The van der Waals surface area contributed by atoms with Crippen LogP contribution < -0.4 is 4.74 Å². The third-order valence-electron chi connectivity index (χ3n) is 2.75. The molecule has 0 unspecified atom stereocenters. The van der Waals surface area contributed by atoms with Crippen LogP contribution in [0.5, 0.6) is 5.75 Å². The van der Waals surface area contributed by atoms with E-state index in [9.17, 15) is 4.79 Å². The fourth-order valence-corrected chi connectivity index (χ4v) is 3.09. The second kappa shape index (κ2) is 5.12. The molecular weight excluding hydrogens is 268 g/mol. The summed E-state index contributed by atoms with van der Waals surface area (Å²) in [5.41, 5.74) is 2.55. The van der Waals surface area contributed by atoms with Crippen LogP contribution in [0, 0.1) is 13.8 Å². The maximum atomic E-state index is 12.3. The van der Waals surface area contributed by atoms with Gasteiger partial charge >= 0.3 is 0 Å². The summed E-state index contributed by atoms with van der Waals surface area (Å²) in [5.74, 6) is 0.785. The Morgan fingerprint density at radius 3 is 2.33 bits per heavy atom. The van der Waals surface area contributed by atoms with Crippen LogP contribution in [0.15, 0.2) is 23.6 Å². The highest BCUT2D eigenvalue weighted by molar-refractivity contribution is 7.13. The van der Waals surface area contributed by atoms with Crippen LogP contribution >= 0.6 is 22.9 Å². The summed E-state index contributed by atoms with van der Waals surface area (Å²) >= 11 is 7.35. The average molecular weight is 281 g/mol.